The Labute approximate surface area is 172 Å². The van der Waals surface area contributed by atoms with E-state index in [-0.39, 0.29) is 30.3 Å². The van der Waals surface area contributed by atoms with E-state index in [4.69, 9.17) is 9.47 Å². The van der Waals surface area contributed by atoms with Gasteiger partial charge in [-0.25, -0.2) is 0 Å². The van der Waals surface area contributed by atoms with E-state index < -0.39 is 6.10 Å². The lowest BCUT2D eigenvalue weighted by molar-refractivity contribution is -0.144. The van der Waals surface area contributed by atoms with E-state index in [0.29, 0.717) is 45.8 Å². The lowest BCUT2D eigenvalue weighted by Gasteiger charge is -2.36. The number of piperazine rings is 1. The van der Waals surface area contributed by atoms with Gasteiger partial charge in [0.15, 0.2) is 6.10 Å². The number of nitrogens with zero attached hydrogens (tertiary/aromatic N) is 2. The van der Waals surface area contributed by atoms with Crippen LogP contribution in [0.5, 0.6) is 5.75 Å². The molecular formula is C20H30ClN3O4. The molecule has 3 rings (SSSR count). The number of halogens is 1. The molecule has 2 aliphatic heterocycles. The molecule has 7 nitrogen and oxygen atoms in total. The molecule has 1 aromatic rings. The molecular weight excluding hydrogens is 382 g/mol. The fourth-order valence-electron chi connectivity index (χ4n) is 3.45. The standard InChI is InChI=1S/C20H29N3O4.ClH/c1-15-5-3-4-6-18(15)27-16(2)20(25)23-10-8-22(9-11-23)19(24)13-17-14-26-12-7-21-17;/h3-6,16-17,21H,7-14H2,1-2H3;1H. The zero-order valence-electron chi connectivity index (χ0n) is 16.6. The number of morpholine rings is 1. The Morgan fingerprint density at radius 1 is 1.21 bits per heavy atom. The largest absolute Gasteiger partial charge is 0.481 e. The van der Waals surface area contributed by atoms with Crippen molar-refractivity contribution in [1.82, 2.24) is 15.1 Å². The van der Waals surface area contributed by atoms with Gasteiger partial charge in [0.05, 0.1) is 13.2 Å². The first-order chi connectivity index (χ1) is 13.0. The maximum absolute atomic E-state index is 12.7. The number of aryl methyl sites for hydroxylation is 1. The molecule has 0 spiro atoms. The molecule has 2 heterocycles. The van der Waals surface area contributed by atoms with Crippen molar-refractivity contribution in [3.63, 3.8) is 0 Å². The van der Waals surface area contributed by atoms with Gasteiger partial charge in [0.25, 0.3) is 5.91 Å². The molecule has 2 saturated heterocycles. The third kappa shape index (κ3) is 5.83. The highest BCUT2D eigenvalue weighted by Crippen LogP contribution is 2.19. The van der Waals surface area contributed by atoms with Gasteiger partial charge < -0.3 is 24.6 Å². The van der Waals surface area contributed by atoms with Gasteiger partial charge in [0.2, 0.25) is 5.91 Å². The summed E-state index contributed by atoms with van der Waals surface area (Å²) in [7, 11) is 0. The van der Waals surface area contributed by atoms with Gasteiger partial charge in [-0.05, 0) is 25.5 Å². The third-order valence-electron chi connectivity index (χ3n) is 5.11. The van der Waals surface area contributed by atoms with Crippen molar-refractivity contribution in [2.24, 2.45) is 0 Å². The van der Waals surface area contributed by atoms with Crippen LogP contribution in [0.1, 0.15) is 18.9 Å². The average molecular weight is 412 g/mol. The Morgan fingerprint density at radius 3 is 2.54 bits per heavy atom. The number of rotatable bonds is 5. The van der Waals surface area contributed by atoms with Crippen molar-refractivity contribution in [3.8, 4) is 5.75 Å². The van der Waals surface area contributed by atoms with Crippen LogP contribution in [0.15, 0.2) is 24.3 Å². The summed E-state index contributed by atoms with van der Waals surface area (Å²) in [6.07, 6.45) is -0.0993. The Morgan fingerprint density at radius 2 is 1.89 bits per heavy atom. The van der Waals surface area contributed by atoms with Gasteiger partial charge in [-0.1, -0.05) is 18.2 Å². The molecule has 2 aliphatic rings. The summed E-state index contributed by atoms with van der Waals surface area (Å²) < 4.78 is 11.2. The van der Waals surface area contributed by atoms with E-state index >= 15 is 0 Å². The third-order valence-corrected chi connectivity index (χ3v) is 5.11. The SMILES string of the molecule is Cc1ccccc1OC(C)C(=O)N1CCN(C(=O)CC2COCCN2)CC1.Cl. The number of para-hydroxylation sites is 1. The van der Waals surface area contributed by atoms with E-state index in [1.54, 1.807) is 11.8 Å². The average Bonchev–Trinajstić information content (AvgIpc) is 2.70. The van der Waals surface area contributed by atoms with Crippen LogP contribution in [0.25, 0.3) is 0 Å². The summed E-state index contributed by atoms with van der Waals surface area (Å²) in [5.74, 6) is 0.816. The van der Waals surface area contributed by atoms with E-state index in [2.05, 4.69) is 5.32 Å². The molecule has 2 fully saturated rings. The molecule has 1 N–H and O–H groups in total. The summed E-state index contributed by atoms with van der Waals surface area (Å²) in [5, 5.41) is 3.31. The molecule has 0 bridgehead atoms. The minimum absolute atomic E-state index is 0. The van der Waals surface area contributed by atoms with Crippen molar-refractivity contribution in [2.75, 3.05) is 45.9 Å². The predicted molar refractivity (Wildman–Crippen MR) is 109 cm³/mol. The quantitative estimate of drug-likeness (QED) is 0.789. The van der Waals surface area contributed by atoms with Gasteiger partial charge >= 0.3 is 0 Å². The first-order valence-corrected chi connectivity index (χ1v) is 9.64. The molecule has 28 heavy (non-hydrogen) atoms. The summed E-state index contributed by atoms with van der Waals surface area (Å²) in [5.41, 5.74) is 1.01. The van der Waals surface area contributed by atoms with E-state index in [1.807, 2.05) is 36.1 Å². The second-order valence-corrected chi connectivity index (χ2v) is 7.16. The molecule has 2 amide bonds. The second-order valence-electron chi connectivity index (χ2n) is 7.16. The fourth-order valence-corrected chi connectivity index (χ4v) is 3.45. The van der Waals surface area contributed by atoms with E-state index in [1.165, 1.54) is 0 Å². The van der Waals surface area contributed by atoms with Crippen LogP contribution in [-0.4, -0.2) is 79.7 Å². The van der Waals surface area contributed by atoms with Gasteiger partial charge in [0, 0.05) is 45.2 Å². The highest BCUT2D eigenvalue weighted by Gasteiger charge is 2.29. The first-order valence-electron chi connectivity index (χ1n) is 9.64. The minimum atomic E-state index is -0.545. The Kier molecular flexibility index (Phi) is 8.54. The van der Waals surface area contributed by atoms with Gasteiger partial charge in [-0.3, -0.25) is 9.59 Å². The predicted octanol–water partition coefficient (Wildman–Crippen LogP) is 1.23. The van der Waals surface area contributed by atoms with Gasteiger partial charge in [-0.15, -0.1) is 12.4 Å². The number of carbonyl (C=O) groups excluding carboxylic acids is 2. The Balaban J connectivity index is 0.00000280. The normalized spacial score (nSPS) is 20.9. The van der Waals surface area contributed by atoms with Crippen LogP contribution < -0.4 is 10.1 Å². The van der Waals surface area contributed by atoms with Crippen LogP contribution >= 0.6 is 12.4 Å². The van der Waals surface area contributed by atoms with Crippen LogP contribution in [0.3, 0.4) is 0 Å². The summed E-state index contributed by atoms with van der Waals surface area (Å²) in [6, 6.07) is 7.77. The number of ether oxygens (including phenoxy) is 2. The Bertz CT molecular complexity index is 659. The number of hydrogen-bond acceptors (Lipinski definition) is 5. The fraction of sp³-hybridized carbons (Fsp3) is 0.600. The topological polar surface area (TPSA) is 71.1 Å². The first kappa shape index (κ1) is 22.5. The van der Waals surface area contributed by atoms with Crippen molar-refractivity contribution in [1.29, 1.82) is 0 Å². The zero-order valence-corrected chi connectivity index (χ0v) is 17.4. The molecule has 2 unspecified atom stereocenters. The summed E-state index contributed by atoms with van der Waals surface area (Å²) in [6.45, 7) is 8.03. The van der Waals surface area contributed by atoms with Crippen molar-refractivity contribution < 1.29 is 19.1 Å². The summed E-state index contributed by atoms with van der Waals surface area (Å²) in [4.78, 5) is 28.8. The van der Waals surface area contributed by atoms with Crippen LogP contribution in [-0.2, 0) is 14.3 Å². The number of benzene rings is 1. The molecule has 2 atom stereocenters. The van der Waals surface area contributed by atoms with Crippen molar-refractivity contribution >= 4 is 24.2 Å². The molecule has 0 saturated carbocycles. The monoisotopic (exact) mass is 411 g/mol. The van der Waals surface area contributed by atoms with Gasteiger partial charge in [-0.2, -0.15) is 0 Å². The smallest absolute Gasteiger partial charge is 0.263 e. The number of nitrogens with one attached hydrogen (secondary N) is 1. The van der Waals surface area contributed by atoms with E-state index in [0.717, 1.165) is 17.9 Å². The van der Waals surface area contributed by atoms with Crippen molar-refractivity contribution in [2.45, 2.75) is 32.4 Å². The highest BCUT2D eigenvalue weighted by atomic mass is 35.5. The Hall–Kier alpha value is -1.83. The minimum Gasteiger partial charge on any atom is -0.481 e. The maximum atomic E-state index is 12.7. The molecule has 1 aromatic carbocycles. The zero-order chi connectivity index (χ0) is 19.2. The van der Waals surface area contributed by atoms with E-state index in [9.17, 15) is 9.59 Å². The van der Waals surface area contributed by atoms with Crippen LogP contribution in [0, 0.1) is 6.92 Å². The van der Waals surface area contributed by atoms with Gasteiger partial charge in [0.1, 0.15) is 5.75 Å². The molecule has 0 aliphatic carbocycles. The molecule has 8 heteroatoms. The number of hydrogen-bond donors (Lipinski definition) is 1. The summed E-state index contributed by atoms with van der Waals surface area (Å²) >= 11 is 0. The van der Waals surface area contributed by atoms with Crippen molar-refractivity contribution in [3.05, 3.63) is 29.8 Å². The lowest BCUT2D eigenvalue weighted by atomic mass is 10.1. The maximum Gasteiger partial charge on any atom is 0.263 e. The molecule has 0 aromatic heterocycles. The van der Waals surface area contributed by atoms with Crippen LogP contribution in [0.2, 0.25) is 0 Å². The molecule has 0 radical (unpaired) electrons. The lowest BCUT2D eigenvalue weighted by Crippen LogP contribution is -2.54. The highest BCUT2D eigenvalue weighted by molar-refractivity contribution is 5.85. The second kappa shape index (κ2) is 10.6. The molecule has 156 valence electrons. The number of amides is 2. The van der Waals surface area contributed by atoms with Crippen LogP contribution in [0.4, 0.5) is 0 Å². The number of carbonyl (C=O) groups is 2.